The highest BCUT2D eigenvalue weighted by molar-refractivity contribution is 5.88. The second-order valence-corrected chi connectivity index (χ2v) is 9.24. The van der Waals surface area contributed by atoms with Crippen LogP contribution in [0.25, 0.3) is 0 Å². The van der Waals surface area contributed by atoms with Crippen molar-refractivity contribution < 1.29 is 14.7 Å². The fraction of sp³-hybridized carbons (Fsp3) is 0.800. The summed E-state index contributed by atoms with van der Waals surface area (Å²) in [6.07, 6.45) is 12.1. The largest absolute Gasteiger partial charge is 0.478 e. The molecule has 4 aliphatic rings. The van der Waals surface area contributed by atoms with E-state index in [1.807, 2.05) is 0 Å². The zero-order valence-corrected chi connectivity index (χ0v) is 14.3. The second-order valence-electron chi connectivity index (χ2n) is 9.24. The van der Waals surface area contributed by atoms with Gasteiger partial charge in [0.15, 0.2) is 0 Å². The number of carboxylic acid groups (broad SMARTS) is 1. The first kappa shape index (κ1) is 15.4. The van der Waals surface area contributed by atoms with Crippen LogP contribution in [0.1, 0.15) is 65.2 Å². The summed E-state index contributed by atoms with van der Waals surface area (Å²) >= 11 is 0. The lowest BCUT2D eigenvalue weighted by Crippen LogP contribution is -2.56. The van der Waals surface area contributed by atoms with Crippen molar-refractivity contribution >= 4 is 12.3 Å². The molecule has 0 aromatic rings. The summed E-state index contributed by atoms with van der Waals surface area (Å²) in [6, 6.07) is 0. The van der Waals surface area contributed by atoms with E-state index in [0.29, 0.717) is 17.4 Å². The maximum atomic E-state index is 11.8. The lowest BCUT2D eigenvalue weighted by Gasteiger charge is -2.63. The molecule has 0 heterocycles. The van der Waals surface area contributed by atoms with E-state index < -0.39 is 5.97 Å². The second kappa shape index (κ2) is 4.70. The fourth-order valence-electron chi connectivity index (χ4n) is 7.36. The number of carbonyl (C=O) groups excluding carboxylic acids is 1. The van der Waals surface area contributed by atoms with Gasteiger partial charge in [-0.2, -0.15) is 0 Å². The van der Waals surface area contributed by atoms with Gasteiger partial charge in [-0.15, -0.1) is 0 Å². The highest BCUT2D eigenvalue weighted by atomic mass is 16.4. The van der Waals surface area contributed by atoms with Gasteiger partial charge in [-0.1, -0.05) is 26.3 Å². The van der Waals surface area contributed by atoms with Crippen molar-refractivity contribution in [1.82, 2.24) is 0 Å². The number of hydrogen-bond acceptors (Lipinski definition) is 2. The molecule has 0 amide bonds. The van der Waals surface area contributed by atoms with Gasteiger partial charge in [0.1, 0.15) is 6.29 Å². The van der Waals surface area contributed by atoms with Gasteiger partial charge in [-0.25, -0.2) is 4.79 Å². The molecule has 0 saturated heterocycles. The van der Waals surface area contributed by atoms with E-state index in [1.54, 1.807) is 0 Å². The molecular formula is C20H28O3. The van der Waals surface area contributed by atoms with Crippen molar-refractivity contribution in [3.05, 3.63) is 11.6 Å². The fourth-order valence-corrected chi connectivity index (χ4v) is 7.36. The molecule has 3 saturated carbocycles. The number of carboxylic acids is 1. The molecule has 3 heteroatoms. The molecule has 0 aromatic heterocycles. The van der Waals surface area contributed by atoms with Crippen LogP contribution >= 0.6 is 0 Å². The highest BCUT2D eigenvalue weighted by Gasteiger charge is 2.63. The molecule has 0 radical (unpaired) electrons. The maximum Gasteiger partial charge on any atom is 0.331 e. The maximum absolute atomic E-state index is 11.8. The first-order valence-electron chi connectivity index (χ1n) is 9.27. The predicted octanol–water partition coefficient (Wildman–Crippen LogP) is 4.22. The van der Waals surface area contributed by atoms with E-state index in [4.69, 9.17) is 0 Å². The average Bonchev–Trinajstić information content (AvgIpc) is 2.78. The number of rotatable bonds is 2. The molecule has 3 nitrogen and oxygen atoms in total. The van der Waals surface area contributed by atoms with E-state index in [-0.39, 0.29) is 22.2 Å². The Morgan fingerprint density at radius 1 is 1.17 bits per heavy atom. The van der Waals surface area contributed by atoms with Crippen molar-refractivity contribution in [2.45, 2.75) is 65.2 Å². The minimum absolute atomic E-state index is 0.100. The van der Waals surface area contributed by atoms with E-state index >= 15 is 0 Å². The number of aldehydes is 1. The number of fused-ring (bicyclic) bond motifs is 3. The van der Waals surface area contributed by atoms with Crippen LogP contribution in [0.5, 0.6) is 0 Å². The number of carbonyl (C=O) groups is 2. The first-order valence-corrected chi connectivity index (χ1v) is 9.27. The Morgan fingerprint density at radius 3 is 2.65 bits per heavy atom. The van der Waals surface area contributed by atoms with E-state index in [9.17, 15) is 14.7 Å². The van der Waals surface area contributed by atoms with Gasteiger partial charge in [0.05, 0.1) is 0 Å². The lowest BCUT2D eigenvalue weighted by molar-refractivity contribution is -0.151. The number of allylic oxidation sites excluding steroid dienone is 1. The van der Waals surface area contributed by atoms with Crippen LogP contribution in [-0.2, 0) is 9.59 Å². The standard InChI is InChI=1S/C20H28O3/c1-18(12-21)7-3-8-19(2)15(18)6-9-20-10-13(4-5-16(19)20)14(11-20)17(22)23/h11-13,15-16H,3-10H2,1-2H3,(H,22,23)/t13-,15-,16+,18+,19-,20+/m1/s1. The molecule has 1 N–H and O–H groups in total. The first-order chi connectivity index (χ1) is 10.8. The Bertz CT molecular complexity index is 594. The molecule has 4 rings (SSSR count). The molecule has 2 bridgehead atoms. The van der Waals surface area contributed by atoms with Crippen LogP contribution in [0.2, 0.25) is 0 Å². The van der Waals surface area contributed by atoms with Crippen molar-refractivity contribution in [3.63, 3.8) is 0 Å². The third-order valence-electron chi connectivity index (χ3n) is 8.24. The Balaban J connectivity index is 1.76. The van der Waals surface area contributed by atoms with Crippen molar-refractivity contribution in [2.24, 2.45) is 34.0 Å². The zero-order valence-electron chi connectivity index (χ0n) is 14.3. The van der Waals surface area contributed by atoms with Gasteiger partial charge < -0.3 is 9.90 Å². The predicted molar refractivity (Wildman–Crippen MR) is 87.8 cm³/mol. The Labute approximate surface area is 138 Å². The van der Waals surface area contributed by atoms with Crippen LogP contribution in [0, 0.1) is 34.0 Å². The van der Waals surface area contributed by atoms with Gasteiger partial charge >= 0.3 is 5.97 Å². The van der Waals surface area contributed by atoms with Gasteiger partial charge in [-0.05, 0) is 73.5 Å². The minimum atomic E-state index is -0.707. The van der Waals surface area contributed by atoms with Crippen molar-refractivity contribution in [2.75, 3.05) is 0 Å². The molecule has 0 unspecified atom stereocenters. The lowest BCUT2D eigenvalue weighted by atomic mass is 9.41. The van der Waals surface area contributed by atoms with Crippen molar-refractivity contribution in [1.29, 1.82) is 0 Å². The Kier molecular flexibility index (Phi) is 3.15. The third-order valence-corrected chi connectivity index (χ3v) is 8.24. The van der Waals surface area contributed by atoms with Crippen LogP contribution in [0.3, 0.4) is 0 Å². The summed E-state index contributed by atoms with van der Waals surface area (Å²) in [4.78, 5) is 23.5. The van der Waals surface area contributed by atoms with Gasteiger partial charge in [0.2, 0.25) is 0 Å². The Morgan fingerprint density at radius 2 is 1.96 bits per heavy atom. The average molecular weight is 316 g/mol. The summed E-state index contributed by atoms with van der Waals surface area (Å²) in [5.74, 6) is 0.586. The molecular weight excluding hydrogens is 288 g/mol. The Hall–Kier alpha value is -1.12. The monoisotopic (exact) mass is 316 g/mol. The number of hydrogen-bond donors (Lipinski definition) is 1. The smallest absolute Gasteiger partial charge is 0.331 e. The normalized spacial score (nSPS) is 51.4. The quantitative estimate of drug-likeness (QED) is 0.776. The summed E-state index contributed by atoms with van der Waals surface area (Å²) in [5, 5.41) is 9.55. The van der Waals surface area contributed by atoms with Crippen LogP contribution in [0.15, 0.2) is 11.6 Å². The summed E-state index contributed by atoms with van der Waals surface area (Å²) in [7, 11) is 0. The van der Waals surface area contributed by atoms with Gasteiger partial charge in [0.25, 0.3) is 0 Å². The minimum Gasteiger partial charge on any atom is -0.478 e. The molecule has 23 heavy (non-hydrogen) atoms. The molecule has 1 spiro atoms. The number of aliphatic carboxylic acids is 1. The van der Waals surface area contributed by atoms with Gasteiger partial charge in [-0.3, -0.25) is 0 Å². The topological polar surface area (TPSA) is 54.4 Å². The molecule has 4 aliphatic carbocycles. The van der Waals surface area contributed by atoms with Crippen molar-refractivity contribution in [3.8, 4) is 0 Å². The molecule has 126 valence electrons. The van der Waals surface area contributed by atoms with Crippen LogP contribution in [-0.4, -0.2) is 17.4 Å². The molecule has 3 fully saturated rings. The summed E-state index contributed by atoms with van der Waals surface area (Å²) < 4.78 is 0. The van der Waals surface area contributed by atoms with E-state index in [2.05, 4.69) is 19.9 Å². The summed E-state index contributed by atoms with van der Waals surface area (Å²) in [6.45, 7) is 4.58. The van der Waals surface area contributed by atoms with Crippen LogP contribution < -0.4 is 0 Å². The molecule has 0 aromatic carbocycles. The summed E-state index contributed by atoms with van der Waals surface area (Å²) in [5.41, 5.74) is 0.803. The zero-order chi connectivity index (χ0) is 16.5. The molecule has 0 aliphatic heterocycles. The van der Waals surface area contributed by atoms with E-state index in [1.165, 1.54) is 12.7 Å². The highest BCUT2D eigenvalue weighted by Crippen LogP contribution is 2.70. The SMILES string of the molecule is C[C@@]12CCC[C@@](C)(C=O)[C@H]1CC[C@]13C=C(C(=O)O)[C@H](CC[C@H]12)C3. The molecule has 6 atom stereocenters. The van der Waals surface area contributed by atoms with Gasteiger partial charge in [0, 0.05) is 11.0 Å². The van der Waals surface area contributed by atoms with Crippen LogP contribution in [0.4, 0.5) is 0 Å². The third kappa shape index (κ3) is 1.88. The van der Waals surface area contributed by atoms with E-state index in [0.717, 1.165) is 44.9 Å².